The van der Waals surface area contributed by atoms with Crippen molar-refractivity contribution in [3.05, 3.63) is 12.0 Å². The normalized spacial score (nSPS) is 11.4. The largest absolute Gasteiger partial charge is 0.367 e. The van der Waals surface area contributed by atoms with Crippen LogP contribution in [0.3, 0.4) is 0 Å². The van der Waals surface area contributed by atoms with Crippen LogP contribution in [0.4, 0.5) is 16.2 Å². The number of hydrogen-bond acceptors (Lipinski definition) is 4. The van der Waals surface area contributed by atoms with E-state index in [1.165, 1.54) is 6.20 Å². The van der Waals surface area contributed by atoms with E-state index in [4.69, 9.17) is 0 Å². The van der Waals surface area contributed by atoms with E-state index < -0.39 is 5.82 Å². The van der Waals surface area contributed by atoms with Crippen molar-refractivity contribution in [2.24, 2.45) is 17.8 Å². The first-order valence-electron chi connectivity index (χ1n) is 6.96. The number of halogens is 1. The molecule has 108 valence electrons. The van der Waals surface area contributed by atoms with Gasteiger partial charge in [0.15, 0.2) is 11.6 Å². The summed E-state index contributed by atoms with van der Waals surface area (Å²) in [6.07, 6.45) is 1.20. The van der Waals surface area contributed by atoms with Gasteiger partial charge in [-0.3, -0.25) is 0 Å². The van der Waals surface area contributed by atoms with Crippen LogP contribution >= 0.6 is 0 Å². The summed E-state index contributed by atoms with van der Waals surface area (Å²) in [5.74, 6) is 1.90. The average molecular weight is 268 g/mol. The smallest absolute Gasteiger partial charge is 0.224 e. The molecule has 0 amide bonds. The zero-order valence-corrected chi connectivity index (χ0v) is 12.5. The molecule has 19 heavy (non-hydrogen) atoms. The van der Waals surface area contributed by atoms with E-state index in [1.54, 1.807) is 0 Å². The van der Waals surface area contributed by atoms with Gasteiger partial charge in [-0.15, -0.1) is 0 Å². The third-order valence-corrected chi connectivity index (χ3v) is 3.30. The van der Waals surface area contributed by atoms with E-state index >= 15 is 0 Å². The Morgan fingerprint density at radius 1 is 1.16 bits per heavy atom. The monoisotopic (exact) mass is 268 g/mol. The first-order valence-corrected chi connectivity index (χ1v) is 6.96. The number of aromatic nitrogens is 2. The Morgan fingerprint density at radius 2 is 1.79 bits per heavy atom. The molecule has 0 aliphatic rings. The van der Waals surface area contributed by atoms with Crippen molar-refractivity contribution in [1.82, 2.24) is 9.97 Å². The van der Waals surface area contributed by atoms with Crippen molar-refractivity contribution in [3.8, 4) is 0 Å². The van der Waals surface area contributed by atoms with Crippen LogP contribution in [0.15, 0.2) is 6.20 Å². The highest BCUT2D eigenvalue weighted by molar-refractivity contribution is 5.41. The first kappa shape index (κ1) is 15.7. The van der Waals surface area contributed by atoms with Gasteiger partial charge in [0.25, 0.3) is 0 Å². The third-order valence-electron chi connectivity index (χ3n) is 3.30. The molecule has 0 radical (unpaired) electrons. The molecule has 0 fully saturated rings. The number of anilines is 2. The lowest BCUT2D eigenvalue weighted by Gasteiger charge is -2.25. The highest BCUT2D eigenvalue weighted by Crippen LogP contribution is 2.21. The van der Waals surface area contributed by atoms with Crippen molar-refractivity contribution in [1.29, 1.82) is 0 Å². The van der Waals surface area contributed by atoms with Gasteiger partial charge in [-0.05, 0) is 24.7 Å². The third kappa shape index (κ3) is 4.65. The van der Waals surface area contributed by atoms with E-state index in [0.29, 0.717) is 30.2 Å². The maximum Gasteiger partial charge on any atom is 0.224 e. The summed E-state index contributed by atoms with van der Waals surface area (Å²) < 4.78 is 13.6. The quantitative estimate of drug-likeness (QED) is 0.796. The van der Waals surface area contributed by atoms with E-state index in [0.717, 1.165) is 6.54 Å². The molecule has 1 rings (SSSR count). The highest BCUT2D eigenvalue weighted by atomic mass is 19.1. The van der Waals surface area contributed by atoms with Gasteiger partial charge < -0.3 is 10.6 Å². The second kappa shape index (κ2) is 7.26. The Morgan fingerprint density at radius 3 is 2.32 bits per heavy atom. The number of rotatable bonds is 7. The van der Waals surface area contributed by atoms with E-state index in [2.05, 4.69) is 48.3 Å². The Kier molecular flexibility index (Phi) is 5.99. The predicted molar refractivity (Wildman–Crippen MR) is 77.8 cm³/mol. The molecule has 4 nitrogen and oxygen atoms in total. The van der Waals surface area contributed by atoms with Crippen LogP contribution in [0.2, 0.25) is 0 Å². The van der Waals surface area contributed by atoms with E-state index in [-0.39, 0.29) is 5.82 Å². The molecule has 0 spiro atoms. The molecule has 0 atom stereocenters. The second-order valence-corrected chi connectivity index (χ2v) is 5.45. The highest BCUT2D eigenvalue weighted by Gasteiger charge is 2.18. The number of nitrogens with one attached hydrogen (secondary N) is 2. The van der Waals surface area contributed by atoms with Crippen molar-refractivity contribution in [2.75, 3.05) is 23.7 Å². The molecule has 0 unspecified atom stereocenters. The molecule has 0 saturated carbocycles. The summed E-state index contributed by atoms with van der Waals surface area (Å²) in [6.45, 7) is 12.1. The Bertz CT molecular complexity index is 385. The van der Waals surface area contributed by atoms with Gasteiger partial charge in [-0.25, -0.2) is 9.37 Å². The zero-order valence-electron chi connectivity index (χ0n) is 12.5. The van der Waals surface area contributed by atoms with Crippen LogP contribution in [0.5, 0.6) is 0 Å². The van der Waals surface area contributed by atoms with Crippen molar-refractivity contribution in [3.63, 3.8) is 0 Å². The molecule has 1 aromatic rings. The Hall–Kier alpha value is -1.39. The lowest BCUT2D eigenvalue weighted by Crippen LogP contribution is -2.25. The molecule has 1 aromatic heterocycles. The fraction of sp³-hybridized carbons (Fsp3) is 0.714. The van der Waals surface area contributed by atoms with E-state index in [9.17, 15) is 4.39 Å². The molecule has 5 heteroatoms. The maximum atomic E-state index is 13.6. The van der Waals surface area contributed by atoms with Crippen molar-refractivity contribution >= 4 is 11.8 Å². The molecule has 0 aliphatic carbocycles. The molecule has 0 aromatic carbocycles. The molecule has 0 aliphatic heterocycles. The van der Waals surface area contributed by atoms with Gasteiger partial charge in [0.2, 0.25) is 5.95 Å². The van der Waals surface area contributed by atoms with E-state index in [1.807, 2.05) is 6.92 Å². The molecular formula is C14H25FN4. The molecule has 0 bridgehead atoms. The minimum atomic E-state index is -0.409. The average Bonchev–Trinajstić information content (AvgIpc) is 2.32. The Labute approximate surface area is 115 Å². The molecular weight excluding hydrogens is 243 g/mol. The Balaban J connectivity index is 2.72. The maximum absolute atomic E-state index is 13.6. The lowest BCUT2D eigenvalue weighted by molar-refractivity contribution is 0.304. The van der Waals surface area contributed by atoms with Gasteiger partial charge >= 0.3 is 0 Å². The predicted octanol–water partition coefficient (Wildman–Crippen LogP) is 3.39. The summed E-state index contributed by atoms with van der Waals surface area (Å²) in [4.78, 5) is 8.03. The number of hydrogen-bond donors (Lipinski definition) is 2. The number of nitrogens with zero attached hydrogens (tertiary/aromatic N) is 2. The summed E-state index contributed by atoms with van der Waals surface area (Å²) >= 11 is 0. The topological polar surface area (TPSA) is 49.8 Å². The SMILES string of the molecule is CCNc1ncc(F)c(NCC(C(C)C)C(C)C)n1. The van der Waals surface area contributed by atoms with Crippen LogP contribution in [0, 0.1) is 23.6 Å². The summed E-state index contributed by atoms with van der Waals surface area (Å²) in [7, 11) is 0. The van der Waals surface area contributed by atoms with Crippen LogP contribution in [0.1, 0.15) is 34.6 Å². The fourth-order valence-corrected chi connectivity index (χ4v) is 2.19. The van der Waals surface area contributed by atoms with Gasteiger partial charge in [0, 0.05) is 13.1 Å². The molecule has 0 saturated heterocycles. The zero-order chi connectivity index (χ0) is 14.4. The van der Waals surface area contributed by atoms with Crippen molar-refractivity contribution in [2.45, 2.75) is 34.6 Å². The second-order valence-electron chi connectivity index (χ2n) is 5.45. The lowest BCUT2D eigenvalue weighted by atomic mass is 9.85. The first-order chi connectivity index (χ1) is 8.95. The van der Waals surface area contributed by atoms with Gasteiger partial charge in [-0.2, -0.15) is 4.98 Å². The fourth-order valence-electron chi connectivity index (χ4n) is 2.19. The summed E-state index contributed by atoms with van der Waals surface area (Å²) in [6, 6.07) is 0. The minimum absolute atomic E-state index is 0.275. The molecule has 2 N–H and O–H groups in total. The molecule has 1 heterocycles. The standard InChI is InChI=1S/C14H25FN4/c1-6-16-14-18-8-12(15)13(19-14)17-7-11(9(2)3)10(4)5/h8-11H,6-7H2,1-5H3,(H2,16,17,18,19). The van der Waals surface area contributed by atoms with Gasteiger partial charge in [0.1, 0.15) is 0 Å². The minimum Gasteiger partial charge on any atom is -0.367 e. The van der Waals surface area contributed by atoms with Crippen LogP contribution in [0.25, 0.3) is 0 Å². The summed E-state index contributed by atoms with van der Waals surface area (Å²) in [5, 5.41) is 6.09. The van der Waals surface area contributed by atoms with Crippen LogP contribution < -0.4 is 10.6 Å². The van der Waals surface area contributed by atoms with Gasteiger partial charge in [0.05, 0.1) is 6.20 Å². The van der Waals surface area contributed by atoms with Crippen molar-refractivity contribution < 1.29 is 4.39 Å². The van der Waals surface area contributed by atoms with Gasteiger partial charge in [-0.1, -0.05) is 27.7 Å². The van der Waals surface area contributed by atoms with Crippen LogP contribution in [-0.4, -0.2) is 23.1 Å². The summed E-state index contributed by atoms with van der Waals surface area (Å²) in [5.41, 5.74) is 0. The van der Waals surface area contributed by atoms with Crippen LogP contribution in [-0.2, 0) is 0 Å².